The SMILES string of the molecule is CC1=Cc2c(-c3ccccc3)ccc(C)c2[CH]1[Zr+2][C]1=C2SCC=C2C=C1C(C)C.[Cl-].[Cl-]. The molecule has 0 aromatic heterocycles. The van der Waals surface area contributed by atoms with Crippen molar-refractivity contribution in [2.24, 2.45) is 5.92 Å². The van der Waals surface area contributed by atoms with Crippen LogP contribution in [0.25, 0.3) is 17.2 Å². The van der Waals surface area contributed by atoms with Crippen molar-refractivity contribution in [2.75, 3.05) is 5.75 Å². The van der Waals surface area contributed by atoms with Crippen LogP contribution in [-0.4, -0.2) is 5.75 Å². The van der Waals surface area contributed by atoms with Gasteiger partial charge in [0.1, 0.15) is 0 Å². The molecule has 2 aromatic rings. The Morgan fingerprint density at radius 3 is 2.42 bits per heavy atom. The summed E-state index contributed by atoms with van der Waals surface area (Å²) in [5.74, 6) is 1.77. The molecule has 0 N–H and O–H groups in total. The fraction of sp³-hybridized carbons (Fsp3) is 0.259. The zero-order chi connectivity index (χ0) is 20.1. The van der Waals surface area contributed by atoms with Gasteiger partial charge in [-0.25, -0.2) is 0 Å². The van der Waals surface area contributed by atoms with Gasteiger partial charge in [0.25, 0.3) is 0 Å². The number of allylic oxidation sites excluding steroid dienone is 5. The Kier molecular flexibility index (Phi) is 8.02. The molecular weight excluding hydrogens is 518 g/mol. The van der Waals surface area contributed by atoms with Crippen molar-refractivity contribution >= 4 is 17.8 Å². The largest absolute Gasteiger partial charge is 1.00 e. The molecule has 158 valence electrons. The van der Waals surface area contributed by atoms with Gasteiger partial charge >= 0.3 is 191 Å². The first-order valence-corrected chi connectivity index (χ1v) is 14.1. The molecule has 31 heavy (non-hydrogen) atoms. The summed E-state index contributed by atoms with van der Waals surface area (Å²) >= 11 is 1.25. The molecule has 3 aliphatic rings. The number of rotatable bonds is 4. The van der Waals surface area contributed by atoms with Gasteiger partial charge < -0.3 is 24.8 Å². The Labute approximate surface area is 214 Å². The van der Waals surface area contributed by atoms with Crippen LogP contribution in [0.5, 0.6) is 0 Å². The number of benzene rings is 2. The number of aryl methyl sites for hydroxylation is 1. The number of fused-ring (bicyclic) bond motifs is 2. The molecule has 4 heteroatoms. The number of hydrogen-bond acceptors (Lipinski definition) is 1. The van der Waals surface area contributed by atoms with Crippen molar-refractivity contribution in [2.45, 2.75) is 31.3 Å². The second-order valence-corrected chi connectivity index (χ2v) is 12.9. The smallest absolute Gasteiger partial charge is 1.00 e. The van der Waals surface area contributed by atoms with Crippen LogP contribution in [0.15, 0.2) is 79.5 Å². The van der Waals surface area contributed by atoms with Gasteiger partial charge in [0, 0.05) is 0 Å². The molecule has 0 radical (unpaired) electrons. The van der Waals surface area contributed by atoms with Gasteiger partial charge in [0.05, 0.1) is 0 Å². The quantitative estimate of drug-likeness (QED) is 0.565. The molecule has 0 spiro atoms. The molecule has 2 aromatic carbocycles. The van der Waals surface area contributed by atoms with E-state index in [2.05, 4.69) is 100 Å². The fourth-order valence-corrected chi connectivity index (χ4v) is 11.4. The molecule has 0 fully saturated rings. The predicted molar refractivity (Wildman–Crippen MR) is 123 cm³/mol. The minimum atomic E-state index is -0.825. The van der Waals surface area contributed by atoms with E-state index in [1.165, 1.54) is 27.8 Å². The number of hydrogen-bond donors (Lipinski definition) is 0. The minimum absolute atomic E-state index is 0. The van der Waals surface area contributed by atoms with Crippen molar-refractivity contribution in [3.63, 3.8) is 0 Å². The van der Waals surface area contributed by atoms with Crippen LogP contribution < -0.4 is 24.8 Å². The van der Waals surface area contributed by atoms with E-state index in [9.17, 15) is 0 Å². The topological polar surface area (TPSA) is 0 Å². The summed E-state index contributed by atoms with van der Waals surface area (Å²) in [6, 6.07) is 15.6. The molecule has 0 nitrogen and oxygen atoms in total. The maximum Gasteiger partial charge on any atom is -1.00 e. The van der Waals surface area contributed by atoms with E-state index in [1.807, 2.05) is 0 Å². The normalized spacial score (nSPS) is 18.5. The molecule has 0 amide bonds. The van der Waals surface area contributed by atoms with Crippen LogP contribution in [0, 0.1) is 12.8 Å². The first-order chi connectivity index (χ1) is 14.0. The molecule has 0 saturated carbocycles. The predicted octanol–water partition coefficient (Wildman–Crippen LogP) is 1.69. The summed E-state index contributed by atoms with van der Waals surface area (Å²) in [6.45, 7) is 9.41. The summed E-state index contributed by atoms with van der Waals surface area (Å²) in [5, 5.41) is 0. The van der Waals surface area contributed by atoms with Crippen LogP contribution in [0.4, 0.5) is 0 Å². The van der Waals surface area contributed by atoms with Gasteiger partial charge in [-0.05, 0) is 0 Å². The summed E-state index contributed by atoms with van der Waals surface area (Å²) in [4.78, 5) is 1.62. The van der Waals surface area contributed by atoms with Crippen LogP contribution >= 0.6 is 11.8 Å². The van der Waals surface area contributed by atoms with E-state index < -0.39 is 23.2 Å². The number of halogens is 2. The average Bonchev–Trinajstić information content (AvgIpc) is 3.38. The van der Waals surface area contributed by atoms with Crippen molar-refractivity contribution < 1.29 is 48.0 Å². The molecule has 0 bridgehead atoms. The zero-order valence-corrected chi connectivity index (χ0v) is 23.1. The third kappa shape index (κ3) is 4.39. The summed E-state index contributed by atoms with van der Waals surface area (Å²) < 4.78 is 2.43. The monoisotopic (exact) mass is 542 g/mol. The third-order valence-corrected chi connectivity index (χ3v) is 12.3. The van der Waals surface area contributed by atoms with Crippen LogP contribution in [0.3, 0.4) is 0 Å². The standard InChI is InChI=1S/C17H15.C10H11S.2ClH.Zr/c1-12-10-16-13(2)8-9-15(17(16)11-12)14-6-4-3-5-7-14;1-7(2)9-5-8-3-4-11-10(8)6-9;;;/h3-11H,1-2H3;3,5,7H,4H2,1-2H3;2*1H;/q;;;;+2/p-2. The van der Waals surface area contributed by atoms with Crippen molar-refractivity contribution in [3.8, 4) is 11.1 Å². The van der Waals surface area contributed by atoms with Crippen LogP contribution in [0.2, 0.25) is 0 Å². The van der Waals surface area contributed by atoms with Gasteiger partial charge in [-0.3, -0.25) is 0 Å². The molecule has 0 saturated heterocycles. The van der Waals surface area contributed by atoms with E-state index in [4.69, 9.17) is 0 Å². The Morgan fingerprint density at radius 1 is 0.968 bits per heavy atom. The molecule has 5 rings (SSSR count). The van der Waals surface area contributed by atoms with Crippen molar-refractivity contribution in [1.82, 2.24) is 0 Å². The van der Waals surface area contributed by atoms with Crippen LogP contribution in [0.1, 0.15) is 41.1 Å². The molecule has 2 aliphatic carbocycles. The first kappa shape index (κ1) is 24.8. The van der Waals surface area contributed by atoms with E-state index in [0.29, 0.717) is 9.54 Å². The Balaban J connectivity index is 0.00000136. The van der Waals surface area contributed by atoms with Crippen molar-refractivity contribution in [3.05, 3.63) is 96.2 Å². The number of thioether (sulfide) groups is 1. The van der Waals surface area contributed by atoms with E-state index in [0.717, 1.165) is 5.75 Å². The van der Waals surface area contributed by atoms with Crippen LogP contribution in [-0.2, 0) is 23.2 Å². The molecular formula is C27H26Cl2SZr. The second-order valence-electron chi connectivity index (χ2n) is 8.52. The van der Waals surface area contributed by atoms with E-state index in [1.54, 1.807) is 24.9 Å². The molecule has 1 unspecified atom stereocenters. The minimum Gasteiger partial charge on any atom is -1.00 e. The molecule has 1 aliphatic heterocycles. The summed E-state index contributed by atoms with van der Waals surface area (Å²) in [6.07, 6.45) is 7.42. The average molecular weight is 545 g/mol. The van der Waals surface area contributed by atoms with Gasteiger partial charge in [-0.2, -0.15) is 0 Å². The first-order valence-electron chi connectivity index (χ1n) is 10.5. The molecule has 1 atom stereocenters. The van der Waals surface area contributed by atoms with E-state index >= 15 is 0 Å². The summed E-state index contributed by atoms with van der Waals surface area (Å²) in [7, 11) is 0. The Bertz CT molecular complexity index is 1120. The maximum atomic E-state index is 2.50. The van der Waals surface area contributed by atoms with Gasteiger partial charge in [0.2, 0.25) is 0 Å². The maximum absolute atomic E-state index is 2.50. The Hall–Kier alpha value is -0.787. The fourth-order valence-electron chi connectivity index (χ4n) is 4.73. The van der Waals surface area contributed by atoms with Gasteiger partial charge in [0.15, 0.2) is 0 Å². The molecule has 1 heterocycles. The van der Waals surface area contributed by atoms with E-state index in [-0.39, 0.29) is 24.8 Å². The zero-order valence-electron chi connectivity index (χ0n) is 18.3. The summed E-state index contributed by atoms with van der Waals surface area (Å²) in [5.41, 5.74) is 12.0. The Morgan fingerprint density at radius 2 is 1.71 bits per heavy atom. The van der Waals surface area contributed by atoms with Gasteiger partial charge in [-0.15, -0.1) is 0 Å². The third-order valence-electron chi connectivity index (χ3n) is 6.24. The second kappa shape index (κ2) is 10.0. The van der Waals surface area contributed by atoms with Crippen molar-refractivity contribution in [1.29, 1.82) is 0 Å². The van der Waals surface area contributed by atoms with Gasteiger partial charge in [-0.1, -0.05) is 0 Å².